The van der Waals surface area contributed by atoms with E-state index in [1.54, 1.807) is 0 Å². The molecule has 1 N–H and O–H groups in total. The zero-order valence-corrected chi connectivity index (χ0v) is 11.5. The average molecular weight is 238 g/mol. The van der Waals surface area contributed by atoms with Gasteiger partial charge in [-0.15, -0.1) is 11.3 Å². The molecule has 0 radical (unpaired) electrons. The Morgan fingerprint density at radius 1 is 1.50 bits per heavy atom. The number of nitrogens with one attached hydrogen (secondary N) is 1. The van der Waals surface area contributed by atoms with E-state index in [2.05, 4.69) is 38.0 Å². The molecule has 0 aliphatic heterocycles. The number of hydrogen-bond donors (Lipinski definition) is 1. The molecule has 3 unspecified atom stereocenters. The summed E-state index contributed by atoms with van der Waals surface area (Å²) in [5.41, 5.74) is 1.21. The zero-order valence-electron chi connectivity index (χ0n) is 10.7. The summed E-state index contributed by atoms with van der Waals surface area (Å²) >= 11 is 1.86. The Balaban J connectivity index is 1.99. The minimum atomic E-state index is 0.643. The molecule has 2 nitrogen and oxygen atoms in total. The summed E-state index contributed by atoms with van der Waals surface area (Å²) in [5, 5.41) is 4.92. The lowest BCUT2D eigenvalue weighted by Gasteiger charge is -2.16. The molecule has 1 aromatic rings. The van der Waals surface area contributed by atoms with Crippen molar-refractivity contribution >= 4 is 11.3 Å². The van der Waals surface area contributed by atoms with Gasteiger partial charge < -0.3 is 5.32 Å². The van der Waals surface area contributed by atoms with Crippen molar-refractivity contribution in [3.05, 3.63) is 15.6 Å². The Hall–Kier alpha value is -0.410. The highest BCUT2D eigenvalue weighted by Gasteiger charge is 2.39. The third-order valence-electron chi connectivity index (χ3n) is 3.62. The first-order chi connectivity index (χ1) is 7.61. The molecular weight excluding hydrogens is 216 g/mol. The number of hydrogen-bond acceptors (Lipinski definition) is 3. The molecule has 1 aliphatic carbocycles. The lowest BCUT2D eigenvalue weighted by molar-refractivity contribution is 0.454. The average Bonchev–Trinajstić information content (AvgIpc) is 2.86. The molecule has 1 aromatic heterocycles. The van der Waals surface area contributed by atoms with Gasteiger partial charge in [0.15, 0.2) is 0 Å². The van der Waals surface area contributed by atoms with Crippen LogP contribution in [0.3, 0.4) is 0 Å². The van der Waals surface area contributed by atoms with Crippen LogP contribution in [0.15, 0.2) is 0 Å². The Labute approximate surface area is 102 Å². The van der Waals surface area contributed by atoms with E-state index in [-0.39, 0.29) is 0 Å². The van der Waals surface area contributed by atoms with Gasteiger partial charge in [-0.2, -0.15) is 0 Å². The summed E-state index contributed by atoms with van der Waals surface area (Å²) in [5.74, 6) is 1.79. The van der Waals surface area contributed by atoms with Gasteiger partial charge in [0.05, 0.1) is 10.7 Å². The van der Waals surface area contributed by atoms with E-state index >= 15 is 0 Å². The summed E-state index contributed by atoms with van der Waals surface area (Å²) in [7, 11) is 0. The smallest absolute Gasteiger partial charge is 0.0946 e. The molecule has 0 spiro atoms. The van der Waals surface area contributed by atoms with Gasteiger partial charge in [0.1, 0.15) is 0 Å². The van der Waals surface area contributed by atoms with Crippen molar-refractivity contribution in [3.63, 3.8) is 0 Å². The maximum atomic E-state index is 4.65. The van der Waals surface area contributed by atoms with E-state index < -0.39 is 0 Å². The summed E-state index contributed by atoms with van der Waals surface area (Å²) in [6.07, 6.45) is 2.50. The molecule has 16 heavy (non-hydrogen) atoms. The van der Waals surface area contributed by atoms with Crippen molar-refractivity contribution in [3.8, 4) is 0 Å². The summed E-state index contributed by atoms with van der Waals surface area (Å²) < 4.78 is 0. The van der Waals surface area contributed by atoms with Gasteiger partial charge in [-0.3, -0.25) is 0 Å². The number of aryl methyl sites for hydroxylation is 2. The van der Waals surface area contributed by atoms with Gasteiger partial charge in [0, 0.05) is 17.3 Å². The highest BCUT2D eigenvalue weighted by molar-refractivity contribution is 7.11. The largest absolute Gasteiger partial charge is 0.314 e. The van der Waals surface area contributed by atoms with Gasteiger partial charge in [0.25, 0.3) is 0 Å². The van der Waals surface area contributed by atoms with Gasteiger partial charge in [-0.25, -0.2) is 4.98 Å². The second-order valence-electron chi connectivity index (χ2n) is 4.99. The maximum Gasteiger partial charge on any atom is 0.0946 e. The van der Waals surface area contributed by atoms with Crippen LogP contribution in [0, 0.1) is 25.7 Å². The minimum absolute atomic E-state index is 0.643. The molecule has 0 amide bonds. The third-order valence-corrected chi connectivity index (χ3v) is 4.72. The highest BCUT2D eigenvalue weighted by Crippen LogP contribution is 2.41. The Kier molecular flexibility index (Phi) is 3.65. The fourth-order valence-electron chi connectivity index (χ4n) is 2.36. The van der Waals surface area contributed by atoms with Crippen molar-refractivity contribution in [1.82, 2.24) is 10.3 Å². The minimum Gasteiger partial charge on any atom is -0.314 e. The van der Waals surface area contributed by atoms with E-state index in [4.69, 9.17) is 0 Å². The van der Waals surface area contributed by atoms with Crippen LogP contribution in [-0.4, -0.2) is 17.6 Å². The molecule has 0 bridgehead atoms. The van der Waals surface area contributed by atoms with Crippen LogP contribution in [0.1, 0.15) is 35.8 Å². The second kappa shape index (κ2) is 4.84. The predicted octanol–water partition coefficient (Wildman–Crippen LogP) is 2.94. The van der Waals surface area contributed by atoms with Gasteiger partial charge in [-0.1, -0.05) is 13.8 Å². The maximum absolute atomic E-state index is 4.65. The molecule has 1 heterocycles. The fourth-order valence-corrected chi connectivity index (χ4v) is 3.36. The second-order valence-corrected chi connectivity index (χ2v) is 6.28. The van der Waals surface area contributed by atoms with Crippen LogP contribution >= 0.6 is 11.3 Å². The van der Waals surface area contributed by atoms with Crippen LogP contribution in [0.2, 0.25) is 0 Å². The molecule has 0 saturated heterocycles. The van der Waals surface area contributed by atoms with E-state index in [0.717, 1.165) is 24.8 Å². The first-order valence-corrected chi connectivity index (χ1v) is 7.09. The van der Waals surface area contributed by atoms with Crippen molar-refractivity contribution < 1.29 is 0 Å². The first kappa shape index (κ1) is 12.1. The predicted molar refractivity (Wildman–Crippen MR) is 70.0 cm³/mol. The highest BCUT2D eigenvalue weighted by atomic mass is 32.1. The number of nitrogens with zero attached hydrogens (tertiary/aromatic N) is 1. The van der Waals surface area contributed by atoms with E-state index in [0.29, 0.717) is 6.04 Å². The lowest BCUT2D eigenvalue weighted by atomic mass is 10.1. The van der Waals surface area contributed by atoms with Crippen LogP contribution in [0.5, 0.6) is 0 Å². The van der Waals surface area contributed by atoms with Crippen molar-refractivity contribution in [2.45, 2.75) is 46.6 Å². The molecule has 1 saturated carbocycles. The number of thiazole rings is 1. The number of aromatic nitrogens is 1. The lowest BCUT2D eigenvalue weighted by Crippen LogP contribution is -2.33. The van der Waals surface area contributed by atoms with E-state index in [1.807, 2.05) is 11.3 Å². The van der Waals surface area contributed by atoms with Crippen molar-refractivity contribution in [2.24, 2.45) is 11.8 Å². The molecule has 3 atom stereocenters. The standard InChI is InChI=1S/C13H22N2S/c1-5-14-12(11-6-8(11)2)7-13-15-9(3)10(4)16-13/h8,11-12,14H,5-7H2,1-4H3. The molecule has 1 fully saturated rings. The van der Waals surface area contributed by atoms with Crippen LogP contribution in [-0.2, 0) is 6.42 Å². The van der Waals surface area contributed by atoms with Crippen LogP contribution in [0.25, 0.3) is 0 Å². The summed E-state index contributed by atoms with van der Waals surface area (Å²) in [6, 6.07) is 0.643. The molecule has 90 valence electrons. The number of rotatable bonds is 5. The normalized spacial score (nSPS) is 25.8. The van der Waals surface area contributed by atoms with Crippen molar-refractivity contribution in [1.29, 1.82) is 0 Å². The molecule has 3 heteroatoms. The summed E-state index contributed by atoms with van der Waals surface area (Å²) in [6.45, 7) is 9.89. The van der Waals surface area contributed by atoms with Crippen molar-refractivity contribution in [2.75, 3.05) is 6.54 Å². The first-order valence-electron chi connectivity index (χ1n) is 6.28. The van der Waals surface area contributed by atoms with Crippen LogP contribution < -0.4 is 5.32 Å². The monoisotopic (exact) mass is 238 g/mol. The quantitative estimate of drug-likeness (QED) is 0.853. The number of likely N-dealkylation sites (N-methyl/N-ethyl adjacent to an activating group) is 1. The molecular formula is C13H22N2S. The van der Waals surface area contributed by atoms with Gasteiger partial charge in [0.2, 0.25) is 0 Å². The van der Waals surface area contributed by atoms with E-state index in [9.17, 15) is 0 Å². The molecule has 2 rings (SSSR count). The molecule has 0 aromatic carbocycles. The Bertz CT molecular complexity index is 339. The third kappa shape index (κ3) is 2.64. The summed E-state index contributed by atoms with van der Waals surface area (Å²) in [4.78, 5) is 6.02. The van der Waals surface area contributed by atoms with Gasteiger partial charge in [-0.05, 0) is 38.6 Å². The van der Waals surface area contributed by atoms with Crippen LogP contribution in [0.4, 0.5) is 0 Å². The zero-order chi connectivity index (χ0) is 11.7. The van der Waals surface area contributed by atoms with Gasteiger partial charge >= 0.3 is 0 Å². The fraction of sp³-hybridized carbons (Fsp3) is 0.769. The Morgan fingerprint density at radius 3 is 2.62 bits per heavy atom. The topological polar surface area (TPSA) is 24.9 Å². The molecule has 1 aliphatic rings. The SMILES string of the molecule is CCNC(Cc1nc(C)c(C)s1)C1CC1C. The Morgan fingerprint density at radius 2 is 2.19 bits per heavy atom. The van der Waals surface area contributed by atoms with E-state index in [1.165, 1.54) is 22.0 Å².